The molecule has 4 rings (SSSR count). The number of benzene rings is 2. The lowest BCUT2D eigenvalue weighted by molar-refractivity contribution is -0.392. The minimum absolute atomic E-state index is 0.353. The Morgan fingerprint density at radius 3 is 2.24 bits per heavy atom. The van der Waals surface area contributed by atoms with Crippen LogP contribution in [0.3, 0.4) is 0 Å². The molecule has 1 amide bonds. The Bertz CT molecular complexity index is 1400. The largest absolute Gasteiger partial charge is 0.507 e. The second kappa shape index (κ2) is 7.65. The zero-order valence-corrected chi connectivity index (χ0v) is 17.5. The van der Waals surface area contributed by atoms with Crippen molar-refractivity contribution in [3.63, 3.8) is 0 Å². The van der Waals surface area contributed by atoms with Gasteiger partial charge >= 0.3 is 12.2 Å². The average molecular weight is 507 g/mol. The highest BCUT2D eigenvalue weighted by molar-refractivity contribution is 7.90. The predicted molar refractivity (Wildman–Crippen MR) is 101 cm³/mol. The van der Waals surface area contributed by atoms with E-state index in [1.165, 1.54) is 11.8 Å². The third-order valence-corrected chi connectivity index (χ3v) is 5.92. The summed E-state index contributed by atoms with van der Waals surface area (Å²) in [6.45, 7) is 0. The number of imidazole rings is 1. The number of para-hydroxylation sites is 1. The van der Waals surface area contributed by atoms with Gasteiger partial charge in [0.25, 0.3) is 15.9 Å². The SMILES string of the molecule is Cn1cc(C(=O)NS(=O)(=O)c2cccc3c2OC(F)(F)C(F)(F)O3)nc1-c1c(F)cccc1F. The molecule has 1 aromatic heterocycles. The van der Waals surface area contributed by atoms with Crippen LogP contribution < -0.4 is 14.2 Å². The van der Waals surface area contributed by atoms with Crippen LogP contribution in [0.5, 0.6) is 11.5 Å². The molecule has 0 saturated heterocycles. The molecule has 2 aromatic carbocycles. The van der Waals surface area contributed by atoms with Gasteiger partial charge in [-0.15, -0.1) is 0 Å². The van der Waals surface area contributed by atoms with E-state index in [4.69, 9.17) is 0 Å². The standard InChI is InChI=1S/C19H11F6N3O5S/c1-28-8-11(26-16(28)14-9(20)4-2-5-10(14)21)17(29)27-34(30,31)13-7-3-6-12-15(13)33-19(24,25)18(22,23)32-12/h2-8H,1H3,(H,27,29). The van der Waals surface area contributed by atoms with Crippen LogP contribution in [0.2, 0.25) is 0 Å². The molecule has 0 aliphatic carbocycles. The summed E-state index contributed by atoms with van der Waals surface area (Å²) in [5, 5.41) is 0. The smallest absolute Gasteiger partial charge is 0.421 e. The van der Waals surface area contributed by atoms with Crippen LogP contribution >= 0.6 is 0 Å². The lowest BCUT2D eigenvalue weighted by Gasteiger charge is -2.32. The highest BCUT2D eigenvalue weighted by atomic mass is 32.2. The van der Waals surface area contributed by atoms with Gasteiger partial charge in [0.1, 0.15) is 28.0 Å². The molecule has 0 unspecified atom stereocenters. The number of amides is 1. The van der Waals surface area contributed by atoms with Gasteiger partial charge in [-0.25, -0.2) is 26.9 Å². The Morgan fingerprint density at radius 1 is 1.00 bits per heavy atom. The first-order chi connectivity index (χ1) is 15.7. The van der Waals surface area contributed by atoms with Gasteiger partial charge in [-0.1, -0.05) is 12.1 Å². The van der Waals surface area contributed by atoms with Crippen LogP contribution in [0.1, 0.15) is 10.5 Å². The Balaban J connectivity index is 1.67. The van der Waals surface area contributed by atoms with Crippen LogP contribution in [-0.4, -0.2) is 36.1 Å². The summed E-state index contributed by atoms with van der Waals surface area (Å²) in [5.41, 5.74) is -1.19. The van der Waals surface area contributed by atoms with Crippen LogP contribution in [0.4, 0.5) is 26.3 Å². The highest BCUT2D eigenvalue weighted by Gasteiger charge is 2.66. The van der Waals surface area contributed by atoms with Crippen LogP contribution in [-0.2, 0) is 17.1 Å². The Hall–Kier alpha value is -3.75. The molecule has 2 heterocycles. The Labute approximate surface area is 186 Å². The molecule has 0 bridgehead atoms. The number of ether oxygens (including phenoxy) is 2. The maximum atomic E-state index is 14.1. The van der Waals surface area contributed by atoms with E-state index < -0.39 is 67.4 Å². The van der Waals surface area contributed by atoms with Gasteiger partial charge in [-0.3, -0.25) is 4.79 Å². The molecule has 0 spiro atoms. The normalized spacial score (nSPS) is 16.2. The molecular weight excluding hydrogens is 496 g/mol. The third kappa shape index (κ3) is 3.81. The van der Waals surface area contributed by atoms with E-state index in [1.54, 1.807) is 0 Å². The van der Waals surface area contributed by atoms with Crippen molar-refractivity contribution >= 4 is 15.9 Å². The Morgan fingerprint density at radius 2 is 1.59 bits per heavy atom. The van der Waals surface area contributed by atoms with Crippen molar-refractivity contribution in [3.8, 4) is 22.9 Å². The second-order valence-electron chi connectivity index (χ2n) is 6.91. The minimum Gasteiger partial charge on any atom is -0.421 e. The number of aryl methyl sites for hydroxylation is 1. The predicted octanol–water partition coefficient (Wildman–Crippen LogP) is 3.44. The average Bonchev–Trinajstić information content (AvgIpc) is 3.09. The number of sulfonamides is 1. The topological polar surface area (TPSA) is 99.5 Å². The van der Waals surface area contributed by atoms with E-state index in [9.17, 15) is 39.6 Å². The van der Waals surface area contributed by atoms with Gasteiger partial charge < -0.3 is 14.0 Å². The number of rotatable bonds is 4. The number of aromatic nitrogens is 2. The van der Waals surface area contributed by atoms with E-state index >= 15 is 0 Å². The number of hydrogen-bond donors (Lipinski definition) is 1. The molecule has 8 nitrogen and oxygen atoms in total. The van der Waals surface area contributed by atoms with E-state index in [0.29, 0.717) is 6.07 Å². The van der Waals surface area contributed by atoms with Crippen molar-refractivity contribution in [2.75, 3.05) is 0 Å². The lowest BCUT2D eigenvalue weighted by Crippen LogP contribution is -2.52. The molecular formula is C19H11F6N3O5S. The number of carbonyl (C=O) groups is 1. The van der Waals surface area contributed by atoms with Crippen molar-refractivity contribution in [1.29, 1.82) is 0 Å². The number of alkyl halides is 4. The first kappa shape index (κ1) is 23.4. The minimum atomic E-state index is -5.21. The number of carbonyl (C=O) groups excluding carboxylic acids is 1. The molecule has 0 saturated carbocycles. The molecule has 0 radical (unpaired) electrons. The summed E-state index contributed by atoms with van der Waals surface area (Å²) in [4.78, 5) is 15.1. The fourth-order valence-electron chi connectivity index (χ4n) is 3.02. The summed E-state index contributed by atoms with van der Waals surface area (Å²) in [6, 6.07) is 5.33. The number of nitrogens with zero attached hydrogens (tertiary/aromatic N) is 2. The van der Waals surface area contributed by atoms with Crippen molar-refractivity contribution in [3.05, 3.63) is 59.9 Å². The molecule has 34 heavy (non-hydrogen) atoms. The van der Waals surface area contributed by atoms with Gasteiger partial charge in [0, 0.05) is 13.2 Å². The van der Waals surface area contributed by atoms with Crippen molar-refractivity contribution in [2.45, 2.75) is 17.1 Å². The maximum Gasteiger partial charge on any atom is 0.507 e. The zero-order chi connectivity index (χ0) is 25.1. The van der Waals surface area contributed by atoms with Gasteiger partial charge in [-0.05, 0) is 24.3 Å². The summed E-state index contributed by atoms with van der Waals surface area (Å²) < 4.78 is 118. The second-order valence-corrected chi connectivity index (χ2v) is 8.56. The van der Waals surface area contributed by atoms with Crippen LogP contribution in [0.25, 0.3) is 11.4 Å². The zero-order valence-electron chi connectivity index (χ0n) is 16.7. The Kier molecular flexibility index (Phi) is 5.27. The molecule has 15 heteroatoms. The van der Waals surface area contributed by atoms with Gasteiger partial charge in [0.2, 0.25) is 0 Å². The van der Waals surface area contributed by atoms with E-state index in [0.717, 1.165) is 41.1 Å². The monoisotopic (exact) mass is 507 g/mol. The molecule has 1 N–H and O–H groups in total. The number of hydrogen-bond acceptors (Lipinski definition) is 6. The summed E-state index contributed by atoms with van der Waals surface area (Å²) in [6.07, 6.45) is -9.34. The summed E-state index contributed by atoms with van der Waals surface area (Å²) in [5.74, 6) is -6.03. The van der Waals surface area contributed by atoms with E-state index in [2.05, 4.69) is 14.5 Å². The lowest BCUT2D eigenvalue weighted by atomic mass is 10.2. The molecule has 1 aliphatic heterocycles. The maximum absolute atomic E-state index is 14.1. The fourth-order valence-corrected chi connectivity index (χ4v) is 4.12. The summed E-state index contributed by atoms with van der Waals surface area (Å²) >= 11 is 0. The first-order valence-electron chi connectivity index (χ1n) is 9.05. The van der Waals surface area contributed by atoms with Gasteiger partial charge in [-0.2, -0.15) is 17.6 Å². The first-order valence-corrected chi connectivity index (χ1v) is 10.5. The number of nitrogens with one attached hydrogen (secondary N) is 1. The van der Waals surface area contributed by atoms with E-state index in [1.807, 2.05) is 0 Å². The molecule has 0 atom stereocenters. The molecule has 180 valence electrons. The van der Waals surface area contributed by atoms with Crippen LogP contribution in [0.15, 0.2) is 47.5 Å². The quantitative estimate of drug-likeness (QED) is 0.544. The summed E-state index contributed by atoms with van der Waals surface area (Å²) in [7, 11) is -3.72. The van der Waals surface area contributed by atoms with Gasteiger partial charge in [0.05, 0.1) is 5.56 Å². The molecule has 0 fully saturated rings. The third-order valence-electron chi connectivity index (χ3n) is 4.56. The molecule has 1 aliphatic rings. The fraction of sp³-hybridized carbons (Fsp3) is 0.158. The molecule has 3 aromatic rings. The highest BCUT2D eigenvalue weighted by Crippen LogP contribution is 2.49. The van der Waals surface area contributed by atoms with Crippen molar-refractivity contribution < 1.29 is 49.0 Å². The number of halogens is 6. The number of fused-ring (bicyclic) bond motifs is 1. The van der Waals surface area contributed by atoms with Crippen molar-refractivity contribution in [1.82, 2.24) is 14.3 Å². The van der Waals surface area contributed by atoms with Crippen LogP contribution in [0, 0.1) is 11.6 Å². The van der Waals surface area contributed by atoms with Crippen molar-refractivity contribution in [2.24, 2.45) is 7.05 Å². The van der Waals surface area contributed by atoms with Gasteiger partial charge in [0.15, 0.2) is 11.5 Å². The van der Waals surface area contributed by atoms with E-state index in [-0.39, 0.29) is 5.82 Å².